The number of carbonyl (C=O) groups excluding carboxylic acids is 1. The normalized spacial score (nSPS) is 15.2. The largest absolute Gasteiger partial charge is 0.331 e. The van der Waals surface area contributed by atoms with E-state index < -0.39 is 0 Å². The molecule has 0 aliphatic heterocycles. The summed E-state index contributed by atoms with van der Waals surface area (Å²) in [5.41, 5.74) is 1.30. The van der Waals surface area contributed by atoms with E-state index in [4.69, 9.17) is 4.98 Å². The van der Waals surface area contributed by atoms with Crippen molar-refractivity contribution in [1.29, 1.82) is 0 Å². The molecule has 34 heavy (non-hydrogen) atoms. The summed E-state index contributed by atoms with van der Waals surface area (Å²) in [6, 6.07) is 14.8. The monoisotopic (exact) mass is 524 g/mol. The van der Waals surface area contributed by atoms with Gasteiger partial charge in [-0.25, -0.2) is 4.98 Å². The van der Waals surface area contributed by atoms with Crippen molar-refractivity contribution in [2.75, 3.05) is 27.2 Å². The topological polar surface area (TPSA) is 58.4 Å². The number of aromatic nitrogens is 2. The van der Waals surface area contributed by atoms with Crippen molar-refractivity contribution in [3.63, 3.8) is 0 Å². The van der Waals surface area contributed by atoms with E-state index >= 15 is 0 Å². The van der Waals surface area contributed by atoms with Gasteiger partial charge < -0.3 is 9.80 Å². The molecule has 4 rings (SSSR count). The predicted molar refractivity (Wildman–Crippen MR) is 140 cm³/mol. The van der Waals surface area contributed by atoms with Crippen molar-refractivity contribution in [2.45, 2.75) is 45.1 Å². The fraction of sp³-hybridized carbons (Fsp3) is 0.444. The number of fused-ring (bicyclic) bond motifs is 1. The summed E-state index contributed by atoms with van der Waals surface area (Å²) >= 11 is 3.49. The summed E-state index contributed by atoms with van der Waals surface area (Å²) in [4.78, 5) is 36.6. The Labute approximate surface area is 209 Å². The van der Waals surface area contributed by atoms with Crippen molar-refractivity contribution in [2.24, 2.45) is 5.92 Å². The zero-order chi connectivity index (χ0) is 24.2. The van der Waals surface area contributed by atoms with Gasteiger partial charge in [0.2, 0.25) is 5.91 Å². The highest BCUT2D eigenvalue weighted by Gasteiger charge is 2.34. The first kappa shape index (κ1) is 24.6. The van der Waals surface area contributed by atoms with Gasteiger partial charge in [0.1, 0.15) is 5.82 Å². The molecular formula is C27H33BrN4O2. The second kappa shape index (κ2) is 10.8. The molecule has 0 bridgehead atoms. The lowest BCUT2D eigenvalue weighted by Crippen LogP contribution is -2.44. The highest BCUT2D eigenvalue weighted by molar-refractivity contribution is 9.10. The van der Waals surface area contributed by atoms with Gasteiger partial charge in [0.15, 0.2) is 0 Å². The van der Waals surface area contributed by atoms with Crippen LogP contribution < -0.4 is 5.56 Å². The van der Waals surface area contributed by atoms with Crippen molar-refractivity contribution in [3.05, 3.63) is 69.2 Å². The van der Waals surface area contributed by atoms with Gasteiger partial charge in [0.25, 0.3) is 5.56 Å². The maximum atomic E-state index is 13.8. The van der Waals surface area contributed by atoms with Crippen LogP contribution in [0.3, 0.4) is 0 Å². The van der Waals surface area contributed by atoms with Crippen LogP contribution in [0.4, 0.5) is 0 Å². The Balaban J connectivity index is 1.89. The first-order valence-corrected chi connectivity index (χ1v) is 12.9. The lowest BCUT2D eigenvalue weighted by molar-refractivity contribution is -0.138. The van der Waals surface area contributed by atoms with Gasteiger partial charge in [-0.15, -0.1) is 0 Å². The molecule has 180 valence electrons. The Morgan fingerprint density at radius 1 is 1.09 bits per heavy atom. The third kappa shape index (κ3) is 5.10. The van der Waals surface area contributed by atoms with E-state index in [1.165, 1.54) is 0 Å². The van der Waals surface area contributed by atoms with E-state index in [1.807, 2.05) is 67.5 Å². The Bertz CT molecular complexity index is 1200. The number of halogens is 1. The minimum absolute atomic E-state index is 0.0597. The molecule has 1 unspecified atom stereocenters. The summed E-state index contributed by atoms with van der Waals surface area (Å²) in [5, 5.41) is 0.575. The number of amides is 1. The molecule has 1 amide bonds. The number of hydrogen-bond donors (Lipinski definition) is 0. The fourth-order valence-electron chi connectivity index (χ4n) is 4.89. The molecule has 0 N–H and O–H groups in total. The minimum Gasteiger partial charge on any atom is -0.331 e. The van der Waals surface area contributed by atoms with Crippen molar-refractivity contribution in [1.82, 2.24) is 19.4 Å². The molecule has 1 aliphatic carbocycles. The molecule has 3 aromatic rings. The van der Waals surface area contributed by atoms with Gasteiger partial charge in [-0.3, -0.25) is 14.2 Å². The molecule has 2 aromatic carbocycles. The molecule has 0 saturated heterocycles. The third-order valence-electron chi connectivity index (χ3n) is 6.72. The molecule has 0 spiro atoms. The Kier molecular flexibility index (Phi) is 7.84. The number of rotatable bonds is 8. The van der Waals surface area contributed by atoms with Crippen molar-refractivity contribution >= 4 is 32.7 Å². The maximum absolute atomic E-state index is 13.8. The van der Waals surface area contributed by atoms with Crippen molar-refractivity contribution < 1.29 is 4.79 Å². The minimum atomic E-state index is -0.297. The van der Waals surface area contributed by atoms with E-state index in [1.54, 1.807) is 4.57 Å². The highest BCUT2D eigenvalue weighted by Crippen LogP contribution is 2.32. The summed E-state index contributed by atoms with van der Waals surface area (Å²) in [6.45, 7) is 3.43. The van der Waals surface area contributed by atoms with Crippen LogP contribution in [0.25, 0.3) is 16.6 Å². The molecule has 1 fully saturated rings. The quantitative estimate of drug-likeness (QED) is 0.407. The van der Waals surface area contributed by atoms with Crippen LogP contribution in [0.1, 0.15) is 50.9 Å². The van der Waals surface area contributed by atoms with E-state index in [0.717, 1.165) is 42.4 Å². The van der Waals surface area contributed by atoms with Gasteiger partial charge in [-0.1, -0.05) is 47.8 Å². The standard InChI is InChI=1S/C27H33BrN4O2/c1-4-24(31(18-17-30(2)3)26(33)19-9-5-6-10-19)25-29-23-12-8-7-11-22(23)27(34)32(25)21-15-13-20(28)14-16-21/h7-8,11-16,19,24H,4-6,9-10,17-18H2,1-3H3. The number of likely N-dealkylation sites (N-methyl/N-ethyl adjacent to an activating group) is 1. The maximum Gasteiger partial charge on any atom is 0.266 e. The molecule has 1 atom stereocenters. The summed E-state index contributed by atoms with van der Waals surface area (Å²) in [7, 11) is 4.04. The van der Waals surface area contributed by atoms with Crippen LogP contribution in [0, 0.1) is 5.92 Å². The van der Waals surface area contributed by atoms with Crippen LogP contribution in [0.15, 0.2) is 57.8 Å². The van der Waals surface area contributed by atoms with E-state index in [0.29, 0.717) is 29.7 Å². The summed E-state index contributed by atoms with van der Waals surface area (Å²) < 4.78 is 2.64. The third-order valence-corrected chi connectivity index (χ3v) is 7.25. The first-order valence-electron chi connectivity index (χ1n) is 12.1. The molecule has 0 radical (unpaired) electrons. The lowest BCUT2D eigenvalue weighted by atomic mass is 10.0. The Hall–Kier alpha value is -2.51. The first-order chi connectivity index (χ1) is 16.4. The smallest absolute Gasteiger partial charge is 0.266 e. The molecular weight excluding hydrogens is 492 g/mol. The van der Waals surface area contributed by atoms with Crippen LogP contribution in [0.5, 0.6) is 0 Å². The molecule has 1 heterocycles. The van der Waals surface area contributed by atoms with E-state index in [2.05, 4.69) is 27.8 Å². The number of carbonyl (C=O) groups is 1. The number of para-hydroxylation sites is 1. The fourth-order valence-corrected chi connectivity index (χ4v) is 5.15. The number of hydrogen-bond acceptors (Lipinski definition) is 4. The zero-order valence-electron chi connectivity index (χ0n) is 20.2. The highest BCUT2D eigenvalue weighted by atomic mass is 79.9. The van der Waals surface area contributed by atoms with Gasteiger partial charge in [0, 0.05) is 23.5 Å². The number of benzene rings is 2. The second-order valence-electron chi connectivity index (χ2n) is 9.34. The Morgan fingerprint density at radius 2 is 1.76 bits per heavy atom. The van der Waals surface area contributed by atoms with Gasteiger partial charge in [-0.05, 0) is 69.8 Å². The molecule has 1 saturated carbocycles. The average molecular weight is 525 g/mol. The summed E-state index contributed by atoms with van der Waals surface area (Å²) in [6.07, 6.45) is 4.77. The van der Waals surface area contributed by atoms with Crippen LogP contribution in [-0.4, -0.2) is 52.4 Å². The van der Waals surface area contributed by atoms with Gasteiger partial charge in [-0.2, -0.15) is 0 Å². The van der Waals surface area contributed by atoms with Crippen LogP contribution in [-0.2, 0) is 4.79 Å². The predicted octanol–water partition coefficient (Wildman–Crippen LogP) is 5.18. The van der Waals surface area contributed by atoms with Gasteiger partial charge in [0.05, 0.1) is 22.6 Å². The molecule has 6 nitrogen and oxygen atoms in total. The zero-order valence-corrected chi connectivity index (χ0v) is 21.8. The lowest BCUT2D eigenvalue weighted by Gasteiger charge is -2.35. The molecule has 1 aliphatic rings. The SMILES string of the molecule is CCC(c1nc2ccccc2c(=O)n1-c1ccc(Br)cc1)N(CCN(C)C)C(=O)C1CCCC1. The second-order valence-corrected chi connectivity index (χ2v) is 10.3. The van der Waals surface area contributed by atoms with Gasteiger partial charge >= 0.3 is 0 Å². The average Bonchev–Trinajstić information content (AvgIpc) is 3.37. The summed E-state index contributed by atoms with van der Waals surface area (Å²) in [5.74, 6) is 0.874. The molecule has 1 aromatic heterocycles. The van der Waals surface area contributed by atoms with Crippen molar-refractivity contribution in [3.8, 4) is 5.69 Å². The van der Waals surface area contributed by atoms with Crippen LogP contribution >= 0.6 is 15.9 Å². The number of nitrogens with zero attached hydrogens (tertiary/aromatic N) is 4. The van der Waals surface area contributed by atoms with E-state index in [-0.39, 0.29) is 23.4 Å². The molecule has 7 heteroatoms. The van der Waals surface area contributed by atoms with E-state index in [9.17, 15) is 9.59 Å². The Morgan fingerprint density at radius 3 is 2.41 bits per heavy atom. The van der Waals surface area contributed by atoms with Crippen LogP contribution in [0.2, 0.25) is 0 Å².